The predicted octanol–water partition coefficient (Wildman–Crippen LogP) is 2.95. The van der Waals surface area contributed by atoms with Crippen molar-refractivity contribution in [3.63, 3.8) is 0 Å². The van der Waals surface area contributed by atoms with Crippen LogP contribution in [0.25, 0.3) is 0 Å². The third kappa shape index (κ3) is 3.82. The van der Waals surface area contributed by atoms with Crippen LogP contribution in [0.1, 0.15) is 18.9 Å². The lowest BCUT2D eigenvalue weighted by Gasteiger charge is -2.15. The van der Waals surface area contributed by atoms with Crippen LogP contribution in [0.5, 0.6) is 11.5 Å². The monoisotopic (exact) mass is 269 g/mol. The summed E-state index contributed by atoms with van der Waals surface area (Å²) in [5.41, 5.74) is 6.84. The van der Waals surface area contributed by atoms with E-state index in [0.29, 0.717) is 5.92 Å². The van der Waals surface area contributed by atoms with E-state index in [9.17, 15) is 0 Å². The summed E-state index contributed by atoms with van der Waals surface area (Å²) in [4.78, 5) is 1.10. The van der Waals surface area contributed by atoms with Gasteiger partial charge in [0.2, 0.25) is 0 Å². The second kappa shape index (κ2) is 7.54. The number of thioether (sulfide) groups is 1. The largest absolute Gasteiger partial charge is 0.496 e. The third-order valence-corrected chi connectivity index (χ3v) is 3.85. The molecule has 0 saturated heterocycles. The minimum atomic E-state index is 0.529. The normalized spacial score (nSPS) is 12.3. The molecule has 0 radical (unpaired) electrons. The van der Waals surface area contributed by atoms with E-state index in [1.807, 2.05) is 12.3 Å². The van der Waals surface area contributed by atoms with E-state index in [1.54, 1.807) is 26.0 Å². The van der Waals surface area contributed by atoms with Crippen molar-refractivity contribution in [3.05, 3.63) is 17.7 Å². The Morgan fingerprint density at radius 2 is 1.89 bits per heavy atom. The van der Waals surface area contributed by atoms with E-state index in [0.717, 1.165) is 35.8 Å². The third-order valence-electron chi connectivity index (χ3n) is 3.10. The Balaban J connectivity index is 2.94. The second-order valence-corrected chi connectivity index (χ2v) is 5.25. The smallest absolute Gasteiger partial charge is 0.132 e. The molecule has 0 aliphatic carbocycles. The Morgan fingerprint density at radius 1 is 1.22 bits per heavy atom. The lowest BCUT2D eigenvalue weighted by Crippen LogP contribution is -2.11. The van der Waals surface area contributed by atoms with Crippen molar-refractivity contribution in [1.29, 1.82) is 0 Å². The van der Waals surface area contributed by atoms with Crippen molar-refractivity contribution in [3.8, 4) is 11.5 Å². The molecule has 0 heterocycles. The number of hydrogen-bond donors (Lipinski definition) is 1. The van der Waals surface area contributed by atoms with E-state index in [4.69, 9.17) is 15.2 Å². The lowest BCUT2D eigenvalue weighted by molar-refractivity contribution is 0.388. The van der Waals surface area contributed by atoms with Gasteiger partial charge in [-0.15, -0.1) is 11.8 Å². The Bertz CT molecular complexity index is 382. The predicted molar refractivity (Wildman–Crippen MR) is 77.9 cm³/mol. The highest BCUT2D eigenvalue weighted by Crippen LogP contribution is 2.35. The molecule has 4 heteroatoms. The summed E-state index contributed by atoms with van der Waals surface area (Å²) in [5, 5.41) is 0. The second-order valence-electron chi connectivity index (χ2n) is 4.40. The molecular formula is C14H23NO2S. The van der Waals surface area contributed by atoms with Crippen LogP contribution in [-0.2, 0) is 6.42 Å². The number of aryl methyl sites for hydroxylation is 1. The van der Waals surface area contributed by atoms with Crippen molar-refractivity contribution in [2.45, 2.75) is 24.7 Å². The van der Waals surface area contributed by atoms with Crippen LogP contribution in [0.2, 0.25) is 0 Å². The summed E-state index contributed by atoms with van der Waals surface area (Å²) in [7, 11) is 3.41. The van der Waals surface area contributed by atoms with Gasteiger partial charge in [0.25, 0.3) is 0 Å². The van der Waals surface area contributed by atoms with Gasteiger partial charge in [-0.1, -0.05) is 6.92 Å². The summed E-state index contributed by atoms with van der Waals surface area (Å²) in [6.07, 6.45) is 4.06. The van der Waals surface area contributed by atoms with Gasteiger partial charge < -0.3 is 15.2 Å². The van der Waals surface area contributed by atoms with Gasteiger partial charge in [-0.3, -0.25) is 0 Å². The molecule has 18 heavy (non-hydrogen) atoms. The van der Waals surface area contributed by atoms with Gasteiger partial charge in [-0.2, -0.15) is 0 Å². The molecule has 0 fully saturated rings. The highest BCUT2D eigenvalue weighted by Gasteiger charge is 2.11. The first-order valence-electron chi connectivity index (χ1n) is 6.15. The molecule has 2 N–H and O–H groups in total. The molecule has 1 rings (SSSR count). The van der Waals surface area contributed by atoms with Crippen LogP contribution in [-0.4, -0.2) is 27.0 Å². The van der Waals surface area contributed by atoms with Gasteiger partial charge >= 0.3 is 0 Å². The van der Waals surface area contributed by atoms with Gasteiger partial charge in [-0.25, -0.2) is 0 Å². The van der Waals surface area contributed by atoms with Crippen LogP contribution in [0.15, 0.2) is 17.0 Å². The average Bonchev–Trinajstić information content (AvgIpc) is 2.43. The molecule has 102 valence electrons. The molecule has 0 amide bonds. The first-order valence-corrected chi connectivity index (χ1v) is 7.37. The first kappa shape index (κ1) is 15.2. The quantitative estimate of drug-likeness (QED) is 0.773. The minimum Gasteiger partial charge on any atom is -0.496 e. The van der Waals surface area contributed by atoms with Gasteiger partial charge in [0.05, 0.1) is 19.1 Å². The van der Waals surface area contributed by atoms with Gasteiger partial charge in [0.15, 0.2) is 0 Å². The zero-order valence-electron chi connectivity index (χ0n) is 11.7. The number of methoxy groups -OCH3 is 2. The number of hydrogen-bond acceptors (Lipinski definition) is 4. The van der Waals surface area contributed by atoms with Crippen molar-refractivity contribution in [1.82, 2.24) is 0 Å². The summed E-state index contributed by atoms with van der Waals surface area (Å²) in [6, 6.07) is 4.12. The highest BCUT2D eigenvalue weighted by atomic mass is 32.2. The molecule has 3 nitrogen and oxygen atoms in total. The van der Waals surface area contributed by atoms with E-state index < -0.39 is 0 Å². The molecule has 0 aliphatic rings. The molecule has 1 atom stereocenters. The molecule has 1 aromatic carbocycles. The van der Waals surface area contributed by atoms with Crippen molar-refractivity contribution in [2.75, 3.05) is 27.0 Å². The standard InChI is InChI=1S/C14H23NO2S/c1-10(9-15)5-6-11-7-13(17-3)14(18-4)8-12(11)16-2/h7-8,10H,5-6,9,15H2,1-4H3. The summed E-state index contributed by atoms with van der Waals surface area (Å²) in [6.45, 7) is 2.89. The number of rotatable bonds is 7. The number of ether oxygens (including phenoxy) is 2. The van der Waals surface area contributed by atoms with E-state index in [1.165, 1.54) is 5.56 Å². The van der Waals surface area contributed by atoms with Crippen LogP contribution < -0.4 is 15.2 Å². The summed E-state index contributed by atoms with van der Waals surface area (Å²) >= 11 is 1.66. The van der Waals surface area contributed by atoms with Crippen LogP contribution in [0, 0.1) is 5.92 Å². The minimum absolute atomic E-state index is 0.529. The van der Waals surface area contributed by atoms with E-state index in [-0.39, 0.29) is 0 Å². The maximum Gasteiger partial charge on any atom is 0.132 e. The zero-order valence-corrected chi connectivity index (χ0v) is 12.5. The maximum absolute atomic E-state index is 5.65. The first-order chi connectivity index (χ1) is 8.65. The van der Waals surface area contributed by atoms with Crippen LogP contribution >= 0.6 is 11.8 Å². The fourth-order valence-corrected chi connectivity index (χ4v) is 2.38. The van der Waals surface area contributed by atoms with Crippen LogP contribution in [0.4, 0.5) is 0 Å². The molecule has 0 bridgehead atoms. The molecular weight excluding hydrogens is 246 g/mol. The lowest BCUT2D eigenvalue weighted by atomic mass is 10.0. The van der Waals surface area contributed by atoms with E-state index in [2.05, 4.69) is 13.0 Å². The number of nitrogens with two attached hydrogens (primary N) is 1. The SMILES string of the molecule is COc1cc(SC)c(OC)cc1CCC(C)CN. The molecule has 0 saturated carbocycles. The maximum atomic E-state index is 5.65. The number of benzene rings is 1. The molecule has 0 spiro atoms. The van der Waals surface area contributed by atoms with E-state index >= 15 is 0 Å². The van der Waals surface area contributed by atoms with Crippen LogP contribution in [0.3, 0.4) is 0 Å². The Morgan fingerprint density at radius 3 is 2.39 bits per heavy atom. The Hall–Kier alpha value is -0.870. The molecule has 0 aromatic heterocycles. The van der Waals surface area contributed by atoms with Crippen molar-refractivity contribution >= 4 is 11.8 Å². The van der Waals surface area contributed by atoms with Gasteiger partial charge in [-0.05, 0) is 49.3 Å². The summed E-state index contributed by atoms with van der Waals surface area (Å²) in [5.74, 6) is 2.38. The molecule has 1 aromatic rings. The average molecular weight is 269 g/mol. The Labute approximate surface area is 114 Å². The topological polar surface area (TPSA) is 44.5 Å². The fraction of sp³-hybridized carbons (Fsp3) is 0.571. The Kier molecular flexibility index (Phi) is 6.36. The zero-order chi connectivity index (χ0) is 13.5. The van der Waals surface area contributed by atoms with Crippen molar-refractivity contribution in [2.24, 2.45) is 11.7 Å². The summed E-state index contributed by atoms with van der Waals surface area (Å²) < 4.78 is 10.9. The molecule has 1 unspecified atom stereocenters. The van der Waals surface area contributed by atoms with Gasteiger partial charge in [0.1, 0.15) is 11.5 Å². The highest BCUT2D eigenvalue weighted by molar-refractivity contribution is 7.98. The molecule has 0 aliphatic heterocycles. The fourth-order valence-electron chi connectivity index (χ4n) is 1.81. The van der Waals surface area contributed by atoms with Gasteiger partial charge in [0, 0.05) is 0 Å². The van der Waals surface area contributed by atoms with Crippen molar-refractivity contribution < 1.29 is 9.47 Å².